The average Bonchev–Trinajstić information content (AvgIpc) is 2.82. The number of amides is 1. The second-order valence-electron chi connectivity index (χ2n) is 7.02. The van der Waals surface area contributed by atoms with Crippen LogP contribution in [-0.2, 0) is 17.9 Å². The third-order valence-corrected chi connectivity index (χ3v) is 4.82. The van der Waals surface area contributed by atoms with E-state index in [0.717, 1.165) is 21.3 Å². The molecule has 0 fully saturated rings. The van der Waals surface area contributed by atoms with E-state index in [1.54, 1.807) is 24.3 Å². The second-order valence-corrected chi connectivity index (χ2v) is 7.02. The van der Waals surface area contributed by atoms with Crippen molar-refractivity contribution >= 4 is 22.8 Å². The van der Waals surface area contributed by atoms with Gasteiger partial charge >= 0.3 is 5.69 Å². The number of rotatable bonds is 6. The molecule has 0 bridgehead atoms. The van der Waals surface area contributed by atoms with E-state index in [1.807, 2.05) is 0 Å². The van der Waals surface area contributed by atoms with Crippen LogP contribution in [0.5, 0.6) is 5.75 Å². The highest BCUT2D eigenvalue weighted by atomic mass is 19.2. The van der Waals surface area contributed by atoms with Gasteiger partial charge in [0, 0.05) is 24.1 Å². The number of nitrogens with one attached hydrogen (secondary N) is 1. The maximum absolute atomic E-state index is 13.4. The molecule has 0 unspecified atom stereocenters. The summed E-state index contributed by atoms with van der Waals surface area (Å²) in [6.45, 7) is -0.627. The third kappa shape index (κ3) is 4.47. The Bertz CT molecular complexity index is 1480. The maximum atomic E-state index is 13.4. The zero-order chi connectivity index (χ0) is 23.5. The monoisotopic (exact) mass is 453 g/mol. The molecule has 33 heavy (non-hydrogen) atoms. The lowest BCUT2D eigenvalue weighted by Crippen LogP contribution is -2.42. The molecular weight excluding hydrogens is 436 g/mol. The molecule has 2 aromatic heterocycles. The van der Waals surface area contributed by atoms with Crippen molar-refractivity contribution in [3.05, 3.63) is 92.9 Å². The summed E-state index contributed by atoms with van der Waals surface area (Å²) in [6, 6.07) is 9.69. The number of nitrogens with zero attached hydrogens (tertiary/aromatic N) is 4. The molecule has 4 aromatic rings. The molecule has 1 amide bonds. The largest absolute Gasteiger partial charge is 0.497 e. The third-order valence-electron chi connectivity index (χ3n) is 4.82. The Morgan fingerprint density at radius 3 is 2.58 bits per heavy atom. The summed E-state index contributed by atoms with van der Waals surface area (Å²) in [5, 5.41) is 2.39. The molecule has 1 N–H and O–H groups in total. The Hall–Kier alpha value is -4.41. The predicted molar refractivity (Wildman–Crippen MR) is 115 cm³/mol. The number of benzene rings is 2. The van der Waals surface area contributed by atoms with Gasteiger partial charge in [0.05, 0.1) is 13.7 Å². The summed E-state index contributed by atoms with van der Waals surface area (Å²) >= 11 is 0. The summed E-state index contributed by atoms with van der Waals surface area (Å²) < 4.78 is 33.7. The normalized spacial score (nSPS) is 10.9. The van der Waals surface area contributed by atoms with Crippen LogP contribution in [-0.4, -0.2) is 32.1 Å². The fourth-order valence-corrected chi connectivity index (χ4v) is 3.28. The van der Waals surface area contributed by atoms with Gasteiger partial charge in [0.15, 0.2) is 22.8 Å². The molecule has 4 rings (SSSR count). The number of hydrogen-bond acceptors (Lipinski definition) is 6. The first-order valence-corrected chi connectivity index (χ1v) is 9.69. The topological polar surface area (TPSA) is 108 Å². The van der Waals surface area contributed by atoms with Gasteiger partial charge < -0.3 is 10.1 Å². The number of methoxy groups -OCH3 is 1. The number of carbonyl (C=O) groups excluding carboxylic acids is 1. The minimum Gasteiger partial charge on any atom is -0.497 e. The van der Waals surface area contributed by atoms with Crippen LogP contribution in [0.4, 0.5) is 14.5 Å². The summed E-state index contributed by atoms with van der Waals surface area (Å²) in [4.78, 5) is 46.8. The number of fused-ring (bicyclic) bond motifs is 1. The van der Waals surface area contributed by atoms with Crippen LogP contribution in [0.15, 0.2) is 64.4 Å². The van der Waals surface area contributed by atoms with Gasteiger partial charge in [-0.1, -0.05) is 12.1 Å². The molecule has 2 aromatic carbocycles. The number of halogens is 2. The number of carbonyl (C=O) groups is 1. The fourth-order valence-electron chi connectivity index (χ4n) is 3.28. The van der Waals surface area contributed by atoms with Crippen LogP contribution in [0.2, 0.25) is 0 Å². The Balaban J connectivity index is 1.74. The molecule has 0 atom stereocenters. The van der Waals surface area contributed by atoms with Gasteiger partial charge in [-0.15, -0.1) is 0 Å². The van der Waals surface area contributed by atoms with E-state index in [0.29, 0.717) is 11.3 Å². The van der Waals surface area contributed by atoms with Gasteiger partial charge in [0.2, 0.25) is 5.91 Å². The van der Waals surface area contributed by atoms with Crippen LogP contribution in [0.3, 0.4) is 0 Å². The lowest BCUT2D eigenvalue weighted by molar-refractivity contribution is -0.116. The van der Waals surface area contributed by atoms with Crippen LogP contribution >= 0.6 is 0 Å². The lowest BCUT2D eigenvalue weighted by atomic mass is 10.2. The zero-order valence-electron chi connectivity index (χ0n) is 17.3. The molecule has 0 radical (unpaired) electrons. The summed E-state index contributed by atoms with van der Waals surface area (Å²) in [5.74, 6) is -2.35. The van der Waals surface area contributed by atoms with Crippen molar-refractivity contribution in [1.82, 2.24) is 19.1 Å². The molecular formula is C22H17F2N5O4. The molecule has 11 heteroatoms. The number of ether oxygens (including phenoxy) is 1. The minimum atomic E-state index is -1.13. The highest BCUT2D eigenvalue weighted by molar-refractivity contribution is 5.91. The molecule has 9 nitrogen and oxygen atoms in total. The van der Waals surface area contributed by atoms with Crippen LogP contribution in [0, 0.1) is 11.6 Å². The predicted octanol–water partition coefficient (Wildman–Crippen LogP) is 1.93. The zero-order valence-corrected chi connectivity index (χ0v) is 17.3. The first kappa shape index (κ1) is 21.8. The van der Waals surface area contributed by atoms with E-state index in [9.17, 15) is 23.2 Å². The van der Waals surface area contributed by atoms with E-state index < -0.39 is 35.3 Å². The quantitative estimate of drug-likeness (QED) is 0.478. The van der Waals surface area contributed by atoms with Crippen molar-refractivity contribution in [3.63, 3.8) is 0 Å². The van der Waals surface area contributed by atoms with Crippen molar-refractivity contribution in [3.8, 4) is 5.75 Å². The van der Waals surface area contributed by atoms with E-state index in [4.69, 9.17) is 4.74 Å². The van der Waals surface area contributed by atoms with Crippen molar-refractivity contribution in [2.45, 2.75) is 13.1 Å². The van der Waals surface area contributed by atoms with E-state index in [2.05, 4.69) is 15.3 Å². The van der Waals surface area contributed by atoms with Crippen LogP contribution < -0.4 is 21.3 Å². The smallest absolute Gasteiger partial charge is 0.333 e. The number of anilines is 1. The molecule has 0 saturated heterocycles. The van der Waals surface area contributed by atoms with Crippen LogP contribution in [0.1, 0.15) is 5.56 Å². The van der Waals surface area contributed by atoms with Crippen molar-refractivity contribution in [1.29, 1.82) is 0 Å². The Morgan fingerprint density at radius 2 is 1.82 bits per heavy atom. The molecule has 0 aliphatic rings. The van der Waals surface area contributed by atoms with Crippen molar-refractivity contribution < 1.29 is 18.3 Å². The SMILES string of the molecule is COc1cccc(Cn2c(=O)c3nccnc3n(CC(=O)Nc3ccc(F)c(F)c3)c2=O)c1. The first-order chi connectivity index (χ1) is 15.9. The van der Waals surface area contributed by atoms with Gasteiger partial charge in [0.1, 0.15) is 12.3 Å². The number of aromatic nitrogens is 4. The highest BCUT2D eigenvalue weighted by Gasteiger charge is 2.18. The van der Waals surface area contributed by atoms with Crippen molar-refractivity contribution in [2.24, 2.45) is 0 Å². The minimum absolute atomic E-state index is 0.00652. The molecule has 0 saturated carbocycles. The van der Waals surface area contributed by atoms with E-state index >= 15 is 0 Å². The molecule has 168 valence electrons. The Morgan fingerprint density at radius 1 is 1.03 bits per heavy atom. The molecule has 0 aliphatic carbocycles. The van der Waals surface area contributed by atoms with Gasteiger partial charge in [-0.05, 0) is 29.8 Å². The van der Waals surface area contributed by atoms with E-state index in [1.165, 1.54) is 25.6 Å². The van der Waals surface area contributed by atoms with Gasteiger partial charge in [-0.2, -0.15) is 0 Å². The Kier molecular flexibility index (Phi) is 5.94. The molecule has 2 heterocycles. The molecule has 0 spiro atoms. The van der Waals surface area contributed by atoms with E-state index in [-0.39, 0.29) is 23.4 Å². The maximum Gasteiger partial charge on any atom is 0.333 e. The summed E-state index contributed by atoms with van der Waals surface area (Å²) in [6.07, 6.45) is 2.59. The van der Waals surface area contributed by atoms with Gasteiger partial charge in [-0.25, -0.2) is 23.5 Å². The summed E-state index contributed by atoms with van der Waals surface area (Å²) in [7, 11) is 1.50. The highest BCUT2D eigenvalue weighted by Crippen LogP contribution is 2.14. The Labute approximate surface area is 184 Å². The first-order valence-electron chi connectivity index (χ1n) is 9.69. The van der Waals surface area contributed by atoms with Crippen molar-refractivity contribution in [2.75, 3.05) is 12.4 Å². The average molecular weight is 453 g/mol. The lowest BCUT2D eigenvalue weighted by Gasteiger charge is -2.13. The molecule has 0 aliphatic heterocycles. The second kappa shape index (κ2) is 8.99. The standard InChI is InChI=1S/C22H17F2N5O4/c1-33-15-4-2-3-13(9-15)11-29-21(31)19-20(26-8-7-25-19)28(22(29)32)12-18(30)27-14-5-6-16(23)17(24)10-14/h2-10H,11-12H2,1H3,(H,27,30). The van der Waals surface area contributed by atoms with Gasteiger partial charge in [0.25, 0.3) is 5.56 Å². The fraction of sp³-hybridized carbons (Fsp3) is 0.136. The van der Waals surface area contributed by atoms with Crippen LogP contribution in [0.25, 0.3) is 11.2 Å². The number of hydrogen-bond donors (Lipinski definition) is 1. The van der Waals surface area contributed by atoms with Gasteiger partial charge in [-0.3, -0.25) is 18.7 Å². The summed E-state index contributed by atoms with van der Waals surface area (Å²) in [5.41, 5.74) is -0.989.